The zero-order chi connectivity index (χ0) is 39.8. The van der Waals surface area contributed by atoms with Crippen LogP contribution in [0, 0.1) is 25.2 Å². The third kappa shape index (κ3) is 7.44. The summed E-state index contributed by atoms with van der Waals surface area (Å²) < 4.78 is 23.6. The van der Waals surface area contributed by atoms with Crippen LogP contribution in [0.3, 0.4) is 0 Å². The molecule has 0 aliphatic heterocycles. The van der Waals surface area contributed by atoms with E-state index in [1.54, 1.807) is 20.3 Å². The Kier molecular flexibility index (Phi) is 11.1. The molecule has 0 atom stereocenters. The van der Waals surface area contributed by atoms with E-state index in [-0.39, 0.29) is 24.2 Å². The van der Waals surface area contributed by atoms with Crippen LogP contribution in [0.15, 0.2) is 48.5 Å². The van der Waals surface area contributed by atoms with Gasteiger partial charge in [-0.05, 0) is 104 Å². The van der Waals surface area contributed by atoms with Crippen LogP contribution in [-0.4, -0.2) is 52.5 Å². The molecule has 10 rings (SSSR count). The van der Waals surface area contributed by atoms with Gasteiger partial charge in [0, 0.05) is 35.3 Å². The molecule has 6 aliphatic rings. The van der Waals surface area contributed by atoms with E-state index in [1.807, 2.05) is 24.3 Å². The van der Waals surface area contributed by atoms with Crippen LogP contribution in [0.1, 0.15) is 71.9 Å². The monoisotopic (exact) mass is 802 g/mol. The Morgan fingerprint density at radius 1 is 0.750 bits per heavy atom. The zero-order valence-electron chi connectivity index (χ0n) is 31.7. The third-order valence-corrected chi connectivity index (χ3v) is 12.6. The molecule has 0 amide bonds. The second kappa shape index (κ2) is 15.7. The topological polar surface area (TPSA) is 158 Å². The van der Waals surface area contributed by atoms with Gasteiger partial charge in [-0.3, -0.25) is 4.79 Å². The highest BCUT2D eigenvalue weighted by molar-refractivity contribution is 6.32. The molecule has 0 saturated heterocycles. The molecule has 0 radical (unpaired) electrons. The summed E-state index contributed by atoms with van der Waals surface area (Å²) in [5.41, 5.74) is 7.68. The molecule has 4 bridgehead atoms. The van der Waals surface area contributed by atoms with Crippen molar-refractivity contribution in [3.63, 3.8) is 0 Å². The zero-order valence-corrected chi connectivity index (χ0v) is 33.2. The summed E-state index contributed by atoms with van der Waals surface area (Å²) in [6, 6.07) is 16.0. The molecule has 2 aromatic carbocycles. The standard InChI is InChI=1S/C41H44Cl2N4O6.CO2/c1-23-26(18-52-36-32(42)11-28(34(46-36)50-3)16-44-40-13-25(14-40)15-40)7-5-9-30(23)31-10-6-8-27(24(31)2)19-53-37-33(43)12-29(35(47-37)51-4)17-45-41-20-39(21-41,22-41)38(48)49;2-1-3/h5-12,25,44-45H,13-22H2,1-4H3,(H,48,49);. The Morgan fingerprint density at radius 3 is 1.55 bits per heavy atom. The van der Waals surface area contributed by atoms with Gasteiger partial charge in [0.2, 0.25) is 23.5 Å². The van der Waals surface area contributed by atoms with Crippen molar-refractivity contribution in [3.8, 4) is 34.6 Å². The molecule has 12 nitrogen and oxygen atoms in total. The number of nitrogens with one attached hydrogen (secondary N) is 2. The third-order valence-electron chi connectivity index (χ3n) is 12.1. The van der Waals surface area contributed by atoms with Crippen molar-refractivity contribution in [1.29, 1.82) is 0 Å². The Labute approximate surface area is 335 Å². The van der Waals surface area contributed by atoms with E-state index >= 15 is 0 Å². The number of hydrogen-bond acceptors (Lipinski definition) is 11. The first kappa shape index (κ1) is 39.5. The van der Waals surface area contributed by atoms with Crippen molar-refractivity contribution in [2.24, 2.45) is 11.3 Å². The SMILES string of the molecule is COc1nc(OCc2cccc(-c3cccc(COc4nc(OC)c(CNC56CC(C(=O)O)(C5)C6)cc4Cl)c3C)c2C)c(Cl)cc1CNC12CC(C1)C2.O=C=O. The van der Waals surface area contributed by atoms with E-state index < -0.39 is 11.4 Å². The van der Waals surface area contributed by atoms with E-state index in [1.165, 1.54) is 19.3 Å². The van der Waals surface area contributed by atoms with E-state index in [0.717, 1.165) is 50.4 Å². The minimum Gasteiger partial charge on any atom is -0.481 e. The average Bonchev–Trinajstić information content (AvgIpc) is 3.10. The lowest BCUT2D eigenvalue weighted by molar-refractivity contribution is -0.199. The molecule has 14 heteroatoms. The van der Waals surface area contributed by atoms with Gasteiger partial charge in [-0.2, -0.15) is 19.6 Å². The molecule has 56 heavy (non-hydrogen) atoms. The number of carbonyl (C=O) groups excluding carboxylic acids is 2. The normalized spacial score (nSPS) is 23.4. The number of rotatable bonds is 16. The summed E-state index contributed by atoms with van der Waals surface area (Å²) >= 11 is 13.3. The van der Waals surface area contributed by atoms with Crippen molar-refractivity contribution < 1.29 is 38.4 Å². The Bertz CT molecular complexity index is 2170. The molecule has 6 aliphatic carbocycles. The molecule has 3 N–H and O–H groups in total. The molecule has 0 spiro atoms. The molecular weight excluding hydrogens is 759 g/mol. The number of ether oxygens (including phenoxy) is 4. The average molecular weight is 804 g/mol. The van der Waals surface area contributed by atoms with E-state index in [4.69, 9.17) is 51.7 Å². The maximum atomic E-state index is 11.5. The molecule has 2 aromatic heterocycles. The van der Waals surface area contributed by atoms with Gasteiger partial charge in [-0.25, -0.2) is 0 Å². The number of halogens is 2. The quantitative estimate of drug-likeness (QED) is 0.103. The van der Waals surface area contributed by atoms with Crippen molar-refractivity contribution in [2.45, 2.75) is 89.8 Å². The summed E-state index contributed by atoms with van der Waals surface area (Å²) in [5.74, 6) is 1.75. The minimum atomic E-state index is -0.704. The smallest absolute Gasteiger partial charge is 0.373 e. The van der Waals surface area contributed by atoms with Crippen LogP contribution in [0.25, 0.3) is 11.1 Å². The number of carboxylic acid groups (broad SMARTS) is 1. The lowest BCUT2D eigenvalue weighted by atomic mass is 9.39. The number of aromatic nitrogens is 2. The number of carbonyl (C=O) groups is 1. The minimum absolute atomic E-state index is 0.129. The first-order valence-corrected chi connectivity index (χ1v) is 19.2. The maximum absolute atomic E-state index is 11.5. The van der Waals surface area contributed by atoms with Crippen LogP contribution >= 0.6 is 23.2 Å². The second-order valence-electron chi connectivity index (χ2n) is 15.6. The van der Waals surface area contributed by atoms with Crippen molar-refractivity contribution in [3.05, 3.63) is 92.0 Å². The maximum Gasteiger partial charge on any atom is 0.373 e. The van der Waals surface area contributed by atoms with Gasteiger partial charge in [0.05, 0.1) is 19.6 Å². The molecule has 0 unspecified atom stereocenters. The summed E-state index contributed by atoms with van der Waals surface area (Å²) in [6.07, 6.45) is 5.95. The van der Waals surface area contributed by atoms with Gasteiger partial charge in [0.1, 0.15) is 23.3 Å². The number of pyridine rings is 2. The van der Waals surface area contributed by atoms with Crippen molar-refractivity contribution in [1.82, 2.24) is 20.6 Å². The molecule has 4 aromatic rings. The van der Waals surface area contributed by atoms with Gasteiger partial charge in [0.15, 0.2) is 0 Å². The van der Waals surface area contributed by atoms with Gasteiger partial charge in [-0.1, -0.05) is 59.6 Å². The highest BCUT2D eigenvalue weighted by Crippen LogP contribution is 2.67. The number of methoxy groups -OCH3 is 2. The van der Waals surface area contributed by atoms with Gasteiger partial charge >= 0.3 is 12.1 Å². The fourth-order valence-electron chi connectivity index (χ4n) is 8.82. The Balaban J connectivity index is 0.00000155. The van der Waals surface area contributed by atoms with E-state index in [0.29, 0.717) is 72.2 Å². The number of carboxylic acids is 1. The molecule has 2 heterocycles. The van der Waals surface area contributed by atoms with Crippen LogP contribution in [0.5, 0.6) is 23.5 Å². The van der Waals surface area contributed by atoms with Crippen molar-refractivity contribution >= 4 is 35.3 Å². The number of hydrogen-bond donors (Lipinski definition) is 3. The highest BCUT2D eigenvalue weighted by Gasteiger charge is 2.71. The van der Waals surface area contributed by atoms with Crippen LogP contribution in [0.4, 0.5) is 0 Å². The summed E-state index contributed by atoms with van der Waals surface area (Å²) in [5, 5.41) is 17.5. The number of benzene rings is 2. The predicted molar refractivity (Wildman–Crippen MR) is 207 cm³/mol. The van der Waals surface area contributed by atoms with Gasteiger partial charge in [0.25, 0.3) is 0 Å². The second-order valence-corrected chi connectivity index (χ2v) is 16.4. The first-order chi connectivity index (χ1) is 26.9. The van der Waals surface area contributed by atoms with Crippen molar-refractivity contribution in [2.75, 3.05) is 14.2 Å². The van der Waals surface area contributed by atoms with Crippen LogP contribution in [-0.2, 0) is 40.7 Å². The lowest BCUT2D eigenvalue weighted by Gasteiger charge is -2.68. The molecule has 294 valence electrons. The number of nitrogens with zero attached hydrogens (tertiary/aromatic N) is 2. The largest absolute Gasteiger partial charge is 0.481 e. The fraction of sp³-hybridized carbons (Fsp3) is 0.429. The first-order valence-electron chi connectivity index (χ1n) is 18.5. The van der Waals surface area contributed by atoms with Crippen LogP contribution in [0.2, 0.25) is 10.0 Å². The number of aliphatic carboxylic acids is 1. The molecule has 6 saturated carbocycles. The Morgan fingerprint density at radius 2 is 1.18 bits per heavy atom. The van der Waals surface area contributed by atoms with Crippen LogP contribution < -0.4 is 29.6 Å². The fourth-order valence-corrected chi connectivity index (χ4v) is 9.27. The van der Waals surface area contributed by atoms with Gasteiger partial charge in [-0.15, -0.1) is 0 Å². The van der Waals surface area contributed by atoms with E-state index in [2.05, 4.69) is 52.6 Å². The highest BCUT2D eigenvalue weighted by atomic mass is 35.5. The van der Waals surface area contributed by atoms with Gasteiger partial charge < -0.3 is 34.7 Å². The lowest BCUT2D eigenvalue weighted by Crippen LogP contribution is -2.76. The summed E-state index contributed by atoms with van der Waals surface area (Å²) in [6.45, 7) is 5.86. The summed E-state index contributed by atoms with van der Waals surface area (Å²) in [4.78, 5) is 36.9. The Hall–Kier alpha value is -4.71. The predicted octanol–water partition coefficient (Wildman–Crippen LogP) is 7.40. The summed E-state index contributed by atoms with van der Waals surface area (Å²) in [7, 11) is 3.18. The van der Waals surface area contributed by atoms with E-state index in [9.17, 15) is 9.90 Å². The molecular formula is C42H44Cl2N4O8. The molecule has 6 fully saturated rings.